The van der Waals surface area contributed by atoms with Gasteiger partial charge in [0.2, 0.25) is 10.0 Å². The summed E-state index contributed by atoms with van der Waals surface area (Å²) in [5.41, 5.74) is -0.643. The quantitative estimate of drug-likeness (QED) is 0.759. The van der Waals surface area contributed by atoms with Crippen molar-refractivity contribution in [2.45, 2.75) is 38.2 Å². The lowest BCUT2D eigenvalue weighted by Gasteiger charge is -2.10. The van der Waals surface area contributed by atoms with Gasteiger partial charge < -0.3 is 5.11 Å². The number of nitrogens with one attached hydrogen (secondary N) is 1. The fourth-order valence-corrected chi connectivity index (χ4v) is 2.90. The van der Waals surface area contributed by atoms with E-state index in [1.165, 1.54) is 0 Å². The Bertz CT molecular complexity index is 559. The Hall–Kier alpha value is -1.05. The molecule has 1 aromatic carbocycles. The molecule has 0 aromatic heterocycles. The van der Waals surface area contributed by atoms with Crippen LogP contribution in [0.4, 0.5) is 8.78 Å². The molecule has 0 atom stereocenters. The van der Waals surface area contributed by atoms with Gasteiger partial charge in [0.25, 0.3) is 0 Å². The van der Waals surface area contributed by atoms with Crippen molar-refractivity contribution in [1.29, 1.82) is 0 Å². The molecule has 20 heavy (non-hydrogen) atoms. The molecule has 4 nitrogen and oxygen atoms in total. The van der Waals surface area contributed by atoms with E-state index in [2.05, 4.69) is 4.72 Å². The Balaban J connectivity index is 2.88. The van der Waals surface area contributed by atoms with E-state index in [1.807, 2.05) is 13.8 Å². The second kappa shape index (κ2) is 7.10. The standard InChI is InChI=1S/C13H19F2NO3S/c1-9(2)4-3-7-16-20(18,19)12-6-5-11(14)10(8-17)13(12)15/h5-6,9,16-17H,3-4,7-8H2,1-2H3. The second-order valence-electron chi connectivity index (χ2n) is 4.93. The highest BCUT2D eigenvalue weighted by Crippen LogP contribution is 2.21. The van der Waals surface area contributed by atoms with Gasteiger partial charge in [-0.3, -0.25) is 0 Å². The van der Waals surface area contributed by atoms with Gasteiger partial charge in [0.05, 0.1) is 12.2 Å². The highest BCUT2D eigenvalue weighted by atomic mass is 32.2. The lowest BCUT2D eigenvalue weighted by atomic mass is 10.1. The summed E-state index contributed by atoms with van der Waals surface area (Å²) in [4.78, 5) is -0.646. The SMILES string of the molecule is CC(C)CCCNS(=O)(=O)c1ccc(F)c(CO)c1F. The molecule has 0 spiro atoms. The number of hydrogen-bond acceptors (Lipinski definition) is 3. The van der Waals surface area contributed by atoms with Gasteiger partial charge in [-0.2, -0.15) is 0 Å². The summed E-state index contributed by atoms with van der Waals surface area (Å²) in [6.45, 7) is 3.32. The number of aliphatic hydroxyl groups is 1. The van der Waals surface area contributed by atoms with Gasteiger partial charge in [-0.15, -0.1) is 0 Å². The predicted molar refractivity (Wildman–Crippen MR) is 71.5 cm³/mol. The minimum absolute atomic E-state index is 0.186. The van der Waals surface area contributed by atoms with Crippen LogP contribution in [0.3, 0.4) is 0 Å². The number of aliphatic hydroxyl groups excluding tert-OH is 1. The van der Waals surface area contributed by atoms with E-state index in [0.29, 0.717) is 12.3 Å². The molecule has 0 bridgehead atoms. The van der Waals surface area contributed by atoms with Crippen molar-refractivity contribution in [1.82, 2.24) is 4.72 Å². The van der Waals surface area contributed by atoms with Crippen molar-refractivity contribution in [2.24, 2.45) is 5.92 Å². The zero-order valence-electron chi connectivity index (χ0n) is 11.5. The monoisotopic (exact) mass is 307 g/mol. The molecule has 7 heteroatoms. The molecule has 0 aliphatic heterocycles. The highest BCUT2D eigenvalue weighted by molar-refractivity contribution is 7.89. The Morgan fingerprint density at radius 2 is 1.95 bits per heavy atom. The van der Waals surface area contributed by atoms with Crippen molar-refractivity contribution in [2.75, 3.05) is 6.54 Å². The van der Waals surface area contributed by atoms with Crippen LogP contribution in [0.5, 0.6) is 0 Å². The average Bonchev–Trinajstić information content (AvgIpc) is 2.34. The van der Waals surface area contributed by atoms with Gasteiger partial charge in [0.15, 0.2) is 5.82 Å². The molecule has 0 radical (unpaired) electrons. The minimum atomic E-state index is -4.04. The zero-order valence-corrected chi connectivity index (χ0v) is 12.3. The molecule has 0 amide bonds. The molecule has 0 saturated carbocycles. The maximum absolute atomic E-state index is 13.8. The smallest absolute Gasteiger partial charge is 0.243 e. The topological polar surface area (TPSA) is 66.4 Å². The fourth-order valence-electron chi connectivity index (χ4n) is 1.72. The molecule has 0 aliphatic rings. The molecule has 0 fully saturated rings. The van der Waals surface area contributed by atoms with E-state index in [4.69, 9.17) is 5.11 Å². The summed E-state index contributed by atoms with van der Waals surface area (Å²) in [7, 11) is -4.04. The van der Waals surface area contributed by atoms with Crippen LogP contribution in [0.2, 0.25) is 0 Å². The molecular weight excluding hydrogens is 288 g/mol. The summed E-state index contributed by atoms with van der Waals surface area (Å²) < 4.78 is 53.2. The van der Waals surface area contributed by atoms with Gasteiger partial charge in [0, 0.05) is 6.54 Å². The number of sulfonamides is 1. The summed E-state index contributed by atoms with van der Waals surface area (Å²) in [5.74, 6) is -1.77. The van der Waals surface area contributed by atoms with Crippen LogP contribution in [-0.4, -0.2) is 20.1 Å². The molecule has 1 rings (SSSR count). The minimum Gasteiger partial charge on any atom is -0.391 e. The molecular formula is C13H19F2NO3S. The molecule has 1 aromatic rings. The number of halogens is 2. The first-order valence-corrected chi connectivity index (χ1v) is 7.85. The van der Waals surface area contributed by atoms with Crippen molar-refractivity contribution in [3.8, 4) is 0 Å². The first-order valence-electron chi connectivity index (χ1n) is 6.37. The van der Waals surface area contributed by atoms with E-state index in [9.17, 15) is 17.2 Å². The molecule has 114 valence electrons. The van der Waals surface area contributed by atoms with E-state index in [-0.39, 0.29) is 6.54 Å². The molecule has 2 N–H and O–H groups in total. The fraction of sp³-hybridized carbons (Fsp3) is 0.538. The van der Waals surface area contributed by atoms with Gasteiger partial charge >= 0.3 is 0 Å². The van der Waals surface area contributed by atoms with Gasteiger partial charge in [-0.25, -0.2) is 21.9 Å². The lowest BCUT2D eigenvalue weighted by molar-refractivity contribution is 0.267. The van der Waals surface area contributed by atoms with Crippen molar-refractivity contribution in [3.63, 3.8) is 0 Å². The molecule has 0 unspecified atom stereocenters. The first kappa shape index (κ1) is 17.0. The summed E-state index contributed by atoms with van der Waals surface area (Å²) >= 11 is 0. The maximum Gasteiger partial charge on any atom is 0.243 e. The number of hydrogen-bond donors (Lipinski definition) is 2. The second-order valence-corrected chi connectivity index (χ2v) is 6.67. The van der Waals surface area contributed by atoms with E-state index in [0.717, 1.165) is 18.6 Å². The van der Waals surface area contributed by atoms with Crippen LogP contribution >= 0.6 is 0 Å². The van der Waals surface area contributed by atoms with Gasteiger partial charge in [-0.1, -0.05) is 13.8 Å². The van der Waals surface area contributed by atoms with Crippen LogP contribution in [0.15, 0.2) is 17.0 Å². The normalized spacial score (nSPS) is 12.1. The Morgan fingerprint density at radius 1 is 1.30 bits per heavy atom. The Kier molecular flexibility index (Phi) is 6.04. The summed E-state index contributed by atoms with van der Waals surface area (Å²) in [6.07, 6.45) is 1.48. The maximum atomic E-state index is 13.8. The van der Waals surface area contributed by atoms with Crippen LogP contribution in [0.25, 0.3) is 0 Å². The largest absolute Gasteiger partial charge is 0.391 e. The number of rotatable bonds is 7. The van der Waals surface area contributed by atoms with Crippen molar-refractivity contribution in [3.05, 3.63) is 29.3 Å². The van der Waals surface area contributed by atoms with Gasteiger partial charge in [-0.05, 0) is 30.9 Å². The van der Waals surface area contributed by atoms with E-state index < -0.39 is 38.7 Å². The Morgan fingerprint density at radius 3 is 2.50 bits per heavy atom. The van der Waals surface area contributed by atoms with Crippen LogP contribution in [-0.2, 0) is 16.6 Å². The molecule has 0 saturated heterocycles. The lowest BCUT2D eigenvalue weighted by Crippen LogP contribution is -2.26. The van der Waals surface area contributed by atoms with E-state index in [1.54, 1.807) is 0 Å². The third-order valence-corrected chi connectivity index (χ3v) is 4.33. The van der Waals surface area contributed by atoms with Crippen molar-refractivity contribution < 1.29 is 22.3 Å². The molecule has 0 aliphatic carbocycles. The average molecular weight is 307 g/mol. The zero-order chi connectivity index (χ0) is 15.3. The van der Waals surface area contributed by atoms with Crippen molar-refractivity contribution >= 4 is 10.0 Å². The summed E-state index contributed by atoms with van der Waals surface area (Å²) in [6, 6.07) is 1.69. The molecule has 0 heterocycles. The third-order valence-electron chi connectivity index (χ3n) is 2.85. The number of benzene rings is 1. The van der Waals surface area contributed by atoms with Gasteiger partial charge in [0.1, 0.15) is 10.7 Å². The van der Waals surface area contributed by atoms with Crippen LogP contribution in [0, 0.1) is 17.6 Å². The third kappa shape index (κ3) is 4.22. The Labute approximate surface area is 117 Å². The van der Waals surface area contributed by atoms with Crippen LogP contribution in [0.1, 0.15) is 32.3 Å². The first-order chi connectivity index (χ1) is 9.29. The predicted octanol–water partition coefficient (Wildman–Crippen LogP) is 2.17. The highest BCUT2D eigenvalue weighted by Gasteiger charge is 2.22. The summed E-state index contributed by atoms with van der Waals surface area (Å²) in [5, 5.41) is 8.87. The van der Waals surface area contributed by atoms with E-state index >= 15 is 0 Å². The van der Waals surface area contributed by atoms with Crippen LogP contribution < -0.4 is 4.72 Å².